The first-order chi connectivity index (χ1) is 15.4. The summed E-state index contributed by atoms with van der Waals surface area (Å²) in [5.74, 6) is 1.82. The molecule has 4 rings (SSSR count). The van der Waals surface area contributed by atoms with Crippen LogP contribution in [0.25, 0.3) is 0 Å². The van der Waals surface area contributed by atoms with Gasteiger partial charge in [0.2, 0.25) is 5.91 Å². The number of nitro benzene ring substituents is 1. The molecule has 8 nitrogen and oxygen atoms in total. The fraction of sp³-hybridized carbons (Fsp3) is 0.435. The van der Waals surface area contributed by atoms with E-state index in [-0.39, 0.29) is 29.8 Å². The molecule has 2 fully saturated rings. The van der Waals surface area contributed by atoms with E-state index in [0.717, 1.165) is 42.4 Å². The zero-order valence-corrected chi connectivity index (χ0v) is 18.8. The molecule has 2 aliphatic heterocycles. The SMILES string of the molecule is Cc1ccc(C(=O)N2CCSC2)c(C2CCN(C(=O)Cc3cccc([N+](=O)[O-])c3)CC2)n1. The number of hydrogen-bond acceptors (Lipinski definition) is 6. The highest BCUT2D eigenvalue weighted by Crippen LogP contribution is 2.31. The zero-order chi connectivity index (χ0) is 22.7. The number of non-ortho nitro benzene ring substituents is 1. The number of rotatable bonds is 5. The van der Waals surface area contributed by atoms with Crippen molar-refractivity contribution in [2.75, 3.05) is 31.3 Å². The maximum Gasteiger partial charge on any atom is 0.269 e. The molecule has 2 amide bonds. The van der Waals surface area contributed by atoms with Crippen LogP contribution >= 0.6 is 11.8 Å². The van der Waals surface area contributed by atoms with Crippen LogP contribution in [0.4, 0.5) is 5.69 Å². The molecule has 0 bridgehead atoms. The average molecular weight is 455 g/mol. The minimum Gasteiger partial charge on any atom is -0.342 e. The molecular formula is C23H26N4O4S. The van der Waals surface area contributed by atoms with Crippen LogP contribution in [0.2, 0.25) is 0 Å². The second kappa shape index (κ2) is 9.68. The molecular weight excluding hydrogens is 428 g/mol. The van der Waals surface area contributed by atoms with Crippen LogP contribution in [0.3, 0.4) is 0 Å². The Hall–Kier alpha value is -2.94. The summed E-state index contributed by atoms with van der Waals surface area (Å²) >= 11 is 1.76. The van der Waals surface area contributed by atoms with Gasteiger partial charge >= 0.3 is 0 Å². The van der Waals surface area contributed by atoms with Gasteiger partial charge < -0.3 is 9.80 Å². The number of amides is 2. The van der Waals surface area contributed by atoms with Gasteiger partial charge in [-0.2, -0.15) is 0 Å². The molecule has 0 atom stereocenters. The molecule has 0 spiro atoms. The number of piperidine rings is 1. The minimum absolute atomic E-state index is 0.00636. The van der Waals surface area contributed by atoms with Gasteiger partial charge in [0.15, 0.2) is 0 Å². The highest BCUT2D eigenvalue weighted by Gasteiger charge is 2.30. The Labute approximate surface area is 191 Å². The Bertz CT molecular complexity index is 1030. The second-order valence-electron chi connectivity index (χ2n) is 8.25. The third kappa shape index (κ3) is 4.93. The van der Waals surface area contributed by atoms with E-state index in [9.17, 15) is 19.7 Å². The number of aryl methyl sites for hydroxylation is 1. The number of thioether (sulfide) groups is 1. The van der Waals surface area contributed by atoms with Crippen molar-refractivity contribution in [1.82, 2.24) is 14.8 Å². The number of pyridine rings is 1. The topological polar surface area (TPSA) is 96.7 Å². The third-order valence-electron chi connectivity index (χ3n) is 6.05. The monoisotopic (exact) mass is 454 g/mol. The summed E-state index contributed by atoms with van der Waals surface area (Å²) in [6.45, 7) is 3.87. The molecule has 2 saturated heterocycles. The van der Waals surface area contributed by atoms with Crippen molar-refractivity contribution in [3.63, 3.8) is 0 Å². The first kappa shape index (κ1) is 22.3. The molecule has 0 saturated carbocycles. The standard InChI is InChI=1S/C23H26N4O4S/c1-16-5-6-20(23(29)26-11-12-32-15-26)22(24-16)18-7-9-25(10-8-18)21(28)14-17-3-2-4-19(13-17)27(30)31/h2-6,13,18H,7-12,14-15H2,1H3. The molecule has 32 heavy (non-hydrogen) atoms. The van der Waals surface area contributed by atoms with Crippen LogP contribution in [0.15, 0.2) is 36.4 Å². The highest BCUT2D eigenvalue weighted by molar-refractivity contribution is 7.99. The van der Waals surface area contributed by atoms with Crippen LogP contribution < -0.4 is 0 Å². The number of nitro groups is 1. The van der Waals surface area contributed by atoms with Gasteiger partial charge in [-0.05, 0) is 37.5 Å². The van der Waals surface area contributed by atoms with Gasteiger partial charge in [-0.15, -0.1) is 11.8 Å². The Morgan fingerprint density at radius 2 is 1.94 bits per heavy atom. The number of nitrogens with zero attached hydrogens (tertiary/aromatic N) is 4. The Kier molecular flexibility index (Phi) is 6.74. The van der Waals surface area contributed by atoms with Gasteiger partial charge in [0.25, 0.3) is 11.6 Å². The quantitative estimate of drug-likeness (QED) is 0.507. The fourth-order valence-corrected chi connectivity index (χ4v) is 5.23. The summed E-state index contributed by atoms with van der Waals surface area (Å²) in [7, 11) is 0. The highest BCUT2D eigenvalue weighted by atomic mass is 32.2. The molecule has 0 aliphatic carbocycles. The van der Waals surface area contributed by atoms with Crippen molar-refractivity contribution in [1.29, 1.82) is 0 Å². The Morgan fingerprint density at radius 3 is 2.62 bits per heavy atom. The average Bonchev–Trinajstić information content (AvgIpc) is 3.34. The summed E-state index contributed by atoms with van der Waals surface area (Å²) in [5, 5.41) is 11.0. The van der Waals surface area contributed by atoms with Gasteiger partial charge in [0.1, 0.15) is 0 Å². The molecule has 0 radical (unpaired) electrons. The first-order valence-corrected chi connectivity index (χ1v) is 11.9. The number of aromatic nitrogens is 1. The first-order valence-electron chi connectivity index (χ1n) is 10.8. The van der Waals surface area contributed by atoms with E-state index in [1.807, 2.05) is 28.9 Å². The molecule has 1 aromatic carbocycles. The molecule has 0 N–H and O–H groups in total. The summed E-state index contributed by atoms with van der Waals surface area (Å²) in [4.78, 5) is 44.7. The smallest absolute Gasteiger partial charge is 0.269 e. The molecule has 2 aliphatic rings. The summed E-state index contributed by atoms with van der Waals surface area (Å²) in [6, 6.07) is 10.0. The van der Waals surface area contributed by atoms with E-state index >= 15 is 0 Å². The van der Waals surface area contributed by atoms with Crippen LogP contribution in [0, 0.1) is 17.0 Å². The van der Waals surface area contributed by atoms with E-state index in [4.69, 9.17) is 4.98 Å². The maximum atomic E-state index is 13.0. The molecule has 9 heteroatoms. The van der Waals surface area contributed by atoms with E-state index < -0.39 is 4.92 Å². The lowest BCUT2D eigenvalue weighted by molar-refractivity contribution is -0.384. The van der Waals surface area contributed by atoms with Gasteiger partial charge in [-0.3, -0.25) is 24.7 Å². The van der Waals surface area contributed by atoms with Crippen molar-refractivity contribution < 1.29 is 14.5 Å². The summed E-state index contributed by atoms with van der Waals surface area (Å²) < 4.78 is 0. The Morgan fingerprint density at radius 1 is 1.16 bits per heavy atom. The summed E-state index contributed by atoms with van der Waals surface area (Å²) in [5.41, 5.74) is 3.05. The maximum absolute atomic E-state index is 13.0. The van der Waals surface area contributed by atoms with Crippen molar-refractivity contribution >= 4 is 29.3 Å². The lowest BCUT2D eigenvalue weighted by atomic mass is 9.89. The van der Waals surface area contributed by atoms with Crippen LogP contribution in [-0.4, -0.2) is 62.8 Å². The van der Waals surface area contributed by atoms with Crippen molar-refractivity contribution in [2.24, 2.45) is 0 Å². The number of carbonyl (C=O) groups is 2. The van der Waals surface area contributed by atoms with Gasteiger partial charge in [-0.1, -0.05) is 12.1 Å². The Balaban J connectivity index is 1.42. The molecule has 1 aromatic heterocycles. The summed E-state index contributed by atoms with van der Waals surface area (Å²) in [6.07, 6.45) is 1.63. The third-order valence-corrected chi connectivity index (χ3v) is 7.01. The molecule has 0 unspecified atom stereocenters. The van der Waals surface area contributed by atoms with Crippen molar-refractivity contribution in [3.05, 3.63) is 69.0 Å². The predicted octanol–water partition coefficient (Wildman–Crippen LogP) is 3.39. The van der Waals surface area contributed by atoms with Crippen molar-refractivity contribution in [3.8, 4) is 0 Å². The number of benzene rings is 1. The van der Waals surface area contributed by atoms with E-state index in [0.29, 0.717) is 24.2 Å². The number of likely N-dealkylation sites (tertiary alicyclic amines) is 1. The number of hydrogen-bond donors (Lipinski definition) is 0. The predicted molar refractivity (Wildman–Crippen MR) is 123 cm³/mol. The van der Waals surface area contributed by atoms with E-state index in [2.05, 4.69) is 0 Å². The zero-order valence-electron chi connectivity index (χ0n) is 18.0. The lowest BCUT2D eigenvalue weighted by Gasteiger charge is -2.33. The molecule has 3 heterocycles. The normalized spacial score (nSPS) is 16.9. The molecule has 168 valence electrons. The molecule has 2 aromatic rings. The van der Waals surface area contributed by atoms with E-state index in [1.54, 1.807) is 23.9 Å². The fourth-order valence-electron chi connectivity index (χ4n) is 4.28. The van der Waals surface area contributed by atoms with Crippen LogP contribution in [-0.2, 0) is 11.2 Å². The second-order valence-corrected chi connectivity index (χ2v) is 9.32. The van der Waals surface area contributed by atoms with Crippen LogP contribution in [0.1, 0.15) is 46.1 Å². The number of carbonyl (C=O) groups excluding carboxylic acids is 2. The van der Waals surface area contributed by atoms with E-state index in [1.165, 1.54) is 12.1 Å². The largest absolute Gasteiger partial charge is 0.342 e. The van der Waals surface area contributed by atoms with Gasteiger partial charge in [0.05, 0.1) is 28.5 Å². The van der Waals surface area contributed by atoms with Gasteiger partial charge in [0, 0.05) is 49.1 Å². The van der Waals surface area contributed by atoms with Crippen molar-refractivity contribution in [2.45, 2.75) is 32.1 Å². The minimum atomic E-state index is -0.450. The van der Waals surface area contributed by atoms with Crippen LogP contribution in [0.5, 0.6) is 0 Å². The van der Waals surface area contributed by atoms with Gasteiger partial charge in [-0.25, -0.2) is 0 Å². The lowest BCUT2D eigenvalue weighted by Crippen LogP contribution is -2.39.